The molecule has 14 heavy (non-hydrogen) atoms. The molecule has 0 amide bonds. The lowest BCUT2D eigenvalue weighted by molar-refractivity contribution is 0.227. The molecule has 1 nitrogen and oxygen atoms in total. The Bertz CT molecular complexity index is 414. The molecule has 2 aromatic heterocycles. The van der Waals surface area contributed by atoms with E-state index in [1.807, 2.05) is 17.5 Å². The van der Waals surface area contributed by atoms with Crippen LogP contribution in [0, 0.1) is 13.8 Å². The number of thiophene rings is 2. The number of hydrogen-bond donors (Lipinski definition) is 1. The van der Waals surface area contributed by atoms with Gasteiger partial charge in [0, 0.05) is 14.6 Å². The molecule has 0 saturated carbocycles. The number of aryl methyl sites for hydroxylation is 2. The molecule has 0 fully saturated rings. The summed E-state index contributed by atoms with van der Waals surface area (Å²) >= 11 is 3.28. The second-order valence-corrected chi connectivity index (χ2v) is 5.59. The van der Waals surface area contributed by atoms with E-state index in [2.05, 4.69) is 19.9 Å². The van der Waals surface area contributed by atoms with E-state index in [0.29, 0.717) is 0 Å². The van der Waals surface area contributed by atoms with Crippen LogP contribution in [0.1, 0.15) is 26.3 Å². The van der Waals surface area contributed by atoms with Gasteiger partial charge in [-0.15, -0.1) is 22.7 Å². The largest absolute Gasteiger partial charge is 0.382 e. The molecule has 0 aromatic carbocycles. The van der Waals surface area contributed by atoms with Crippen LogP contribution in [0.3, 0.4) is 0 Å². The van der Waals surface area contributed by atoms with Gasteiger partial charge in [-0.2, -0.15) is 0 Å². The fourth-order valence-corrected chi connectivity index (χ4v) is 3.34. The topological polar surface area (TPSA) is 20.2 Å². The van der Waals surface area contributed by atoms with Crippen LogP contribution in [0.15, 0.2) is 23.6 Å². The van der Waals surface area contributed by atoms with Gasteiger partial charge >= 0.3 is 0 Å². The number of aliphatic hydroxyl groups is 1. The molecule has 0 saturated heterocycles. The Labute approximate surface area is 91.7 Å². The van der Waals surface area contributed by atoms with Gasteiger partial charge in [-0.25, -0.2) is 0 Å². The van der Waals surface area contributed by atoms with Gasteiger partial charge in [-0.05, 0) is 36.9 Å². The summed E-state index contributed by atoms with van der Waals surface area (Å²) < 4.78 is 0. The van der Waals surface area contributed by atoms with Gasteiger partial charge in [0.25, 0.3) is 0 Å². The molecular weight excluding hydrogens is 212 g/mol. The number of hydrogen-bond acceptors (Lipinski definition) is 3. The maximum atomic E-state index is 10.1. The highest BCUT2D eigenvalue weighted by atomic mass is 32.1. The van der Waals surface area contributed by atoms with E-state index in [1.54, 1.807) is 22.7 Å². The molecule has 74 valence electrons. The van der Waals surface area contributed by atoms with Gasteiger partial charge in [0.2, 0.25) is 0 Å². The summed E-state index contributed by atoms with van der Waals surface area (Å²) in [5.74, 6) is 0. The van der Waals surface area contributed by atoms with Crippen LogP contribution in [-0.2, 0) is 0 Å². The minimum atomic E-state index is -0.436. The SMILES string of the molecule is Cc1cc(C)c(C(O)c2cccs2)s1. The Morgan fingerprint density at radius 3 is 2.64 bits per heavy atom. The van der Waals surface area contributed by atoms with Crippen molar-refractivity contribution in [2.24, 2.45) is 0 Å². The molecule has 0 bridgehead atoms. The third-order valence-corrected chi connectivity index (χ3v) is 4.27. The van der Waals surface area contributed by atoms with Crippen molar-refractivity contribution in [3.63, 3.8) is 0 Å². The lowest BCUT2D eigenvalue weighted by Crippen LogP contribution is -1.95. The quantitative estimate of drug-likeness (QED) is 0.827. The van der Waals surface area contributed by atoms with Crippen LogP contribution in [0.2, 0.25) is 0 Å². The van der Waals surface area contributed by atoms with Crippen LogP contribution >= 0.6 is 22.7 Å². The first-order chi connectivity index (χ1) is 6.68. The molecule has 3 heteroatoms. The maximum absolute atomic E-state index is 10.1. The first kappa shape index (κ1) is 9.90. The lowest BCUT2D eigenvalue weighted by Gasteiger charge is -2.06. The molecule has 0 radical (unpaired) electrons. The summed E-state index contributed by atoms with van der Waals surface area (Å²) in [5, 5.41) is 12.1. The zero-order valence-corrected chi connectivity index (χ0v) is 9.78. The fourth-order valence-electron chi connectivity index (χ4n) is 1.51. The molecule has 2 heterocycles. The van der Waals surface area contributed by atoms with E-state index in [-0.39, 0.29) is 0 Å². The third-order valence-electron chi connectivity index (χ3n) is 2.14. The van der Waals surface area contributed by atoms with Gasteiger partial charge in [0.1, 0.15) is 6.10 Å². The van der Waals surface area contributed by atoms with Crippen molar-refractivity contribution < 1.29 is 5.11 Å². The van der Waals surface area contributed by atoms with Crippen LogP contribution in [0.5, 0.6) is 0 Å². The molecule has 0 spiro atoms. The lowest BCUT2D eigenvalue weighted by atomic mass is 10.2. The first-order valence-electron chi connectivity index (χ1n) is 4.47. The van der Waals surface area contributed by atoms with E-state index in [1.165, 1.54) is 10.4 Å². The van der Waals surface area contributed by atoms with Gasteiger partial charge in [0.05, 0.1) is 0 Å². The van der Waals surface area contributed by atoms with Crippen LogP contribution in [0.4, 0.5) is 0 Å². The Morgan fingerprint density at radius 2 is 2.14 bits per heavy atom. The Kier molecular flexibility index (Phi) is 2.72. The molecule has 0 aliphatic heterocycles. The average molecular weight is 224 g/mol. The van der Waals surface area contributed by atoms with Crippen molar-refractivity contribution in [1.29, 1.82) is 0 Å². The van der Waals surface area contributed by atoms with Crippen molar-refractivity contribution in [2.75, 3.05) is 0 Å². The van der Waals surface area contributed by atoms with E-state index in [0.717, 1.165) is 9.75 Å². The van der Waals surface area contributed by atoms with Crippen molar-refractivity contribution in [1.82, 2.24) is 0 Å². The maximum Gasteiger partial charge on any atom is 0.123 e. The minimum absolute atomic E-state index is 0.436. The summed E-state index contributed by atoms with van der Waals surface area (Å²) in [6.07, 6.45) is -0.436. The van der Waals surface area contributed by atoms with Crippen LogP contribution in [-0.4, -0.2) is 5.11 Å². The highest BCUT2D eigenvalue weighted by Crippen LogP contribution is 2.33. The molecule has 2 rings (SSSR count). The number of rotatable bonds is 2. The highest BCUT2D eigenvalue weighted by Gasteiger charge is 2.15. The van der Waals surface area contributed by atoms with Gasteiger partial charge in [-0.1, -0.05) is 6.07 Å². The Hall–Kier alpha value is -0.640. The van der Waals surface area contributed by atoms with Gasteiger partial charge in [-0.3, -0.25) is 0 Å². The Morgan fingerprint density at radius 1 is 1.36 bits per heavy atom. The molecule has 0 aliphatic rings. The minimum Gasteiger partial charge on any atom is -0.382 e. The predicted octanol–water partition coefficient (Wildman–Crippen LogP) is 3.51. The zero-order valence-electron chi connectivity index (χ0n) is 8.15. The molecule has 2 aromatic rings. The van der Waals surface area contributed by atoms with Gasteiger partial charge < -0.3 is 5.11 Å². The average Bonchev–Trinajstić information content (AvgIpc) is 2.73. The second-order valence-electron chi connectivity index (χ2n) is 3.32. The normalized spacial score (nSPS) is 13.1. The Balaban J connectivity index is 2.36. The smallest absolute Gasteiger partial charge is 0.123 e. The molecule has 0 aliphatic carbocycles. The van der Waals surface area contributed by atoms with E-state index < -0.39 is 6.10 Å². The summed E-state index contributed by atoms with van der Waals surface area (Å²) in [6.45, 7) is 4.12. The zero-order chi connectivity index (χ0) is 10.1. The van der Waals surface area contributed by atoms with Crippen LogP contribution < -0.4 is 0 Å². The molecule has 1 atom stereocenters. The first-order valence-corrected chi connectivity index (χ1v) is 6.16. The van der Waals surface area contributed by atoms with E-state index >= 15 is 0 Å². The summed E-state index contributed by atoms with van der Waals surface area (Å²) in [4.78, 5) is 3.35. The fraction of sp³-hybridized carbons (Fsp3) is 0.273. The molecule has 1 unspecified atom stereocenters. The van der Waals surface area contributed by atoms with Crippen molar-refractivity contribution >= 4 is 22.7 Å². The molecule has 1 N–H and O–H groups in total. The second kappa shape index (κ2) is 3.85. The summed E-state index contributed by atoms with van der Waals surface area (Å²) in [5.41, 5.74) is 1.19. The third kappa shape index (κ3) is 1.75. The monoisotopic (exact) mass is 224 g/mol. The standard InChI is InChI=1S/C11H12OS2/c1-7-6-8(2)14-11(7)10(12)9-4-3-5-13-9/h3-6,10,12H,1-2H3. The predicted molar refractivity (Wildman–Crippen MR) is 62.2 cm³/mol. The van der Waals surface area contributed by atoms with Crippen molar-refractivity contribution in [3.05, 3.63) is 43.8 Å². The molecular formula is C11H12OS2. The van der Waals surface area contributed by atoms with Crippen molar-refractivity contribution in [2.45, 2.75) is 20.0 Å². The number of aliphatic hydroxyl groups excluding tert-OH is 1. The summed E-state index contributed by atoms with van der Waals surface area (Å²) in [7, 11) is 0. The van der Waals surface area contributed by atoms with Crippen molar-refractivity contribution in [3.8, 4) is 0 Å². The van der Waals surface area contributed by atoms with Crippen LogP contribution in [0.25, 0.3) is 0 Å². The summed E-state index contributed by atoms with van der Waals surface area (Å²) in [6, 6.07) is 6.07. The highest BCUT2D eigenvalue weighted by molar-refractivity contribution is 7.13. The van der Waals surface area contributed by atoms with Gasteiger partial charge in [0.15, 0.2) is 0 Å². The van der Waals surface area contributed by atoms with E-state index in [9.17, 15) is 5.11 Å². The van der Waals surface area contributed by atoms with E-state index in [4.69, 9.17) is 0 Å².